The van der Waals surface area contributed by atoms with Crippen LogP contribution in [0.1, 0.15) is 21.5 Å². The van der Waals surface area contributed by atoms with E-state index in [1.165, 1.54) is 12.7 Å². The van der Waals surface area contributed by atoms with E-state index >= 15 is 0 Å². The van der Waals surface area contributed by atoms with Crippen LogP contribution >= 0.6 is 11.6 Å². The number of hydrogen-bond acceptors (Lipinski definition) is 4. The van der Waals surface area contributed by atoms with Gasteiger partial charge in [-0.05, 0) is 48.5 Å². The van der Waals surface area contributed by atoms with Crippen molar-refractivity contribution in [1.29, 1.82) is 0 Å². The minimum Gasteiger partial charge on any atom is -0.467 e. The molecule has 0 aliphatic rings. The largest absolute Gasteiger partial charge is 0.467 e. The van der Waals surface area contributed by atoms with E-state index < -0.39 is 17.9 Å². The number of benzene rings is 3. The first-order valence-electron chi connectivity index (χ1n) is 10.3. The topological polar surface area (TPSA) is 58.6 Å². The van der Waals surface area contributed by atoms with Gasteiger partial charge in [0.2, 0.25) is 0 Å². The smallest absolute Gasteiger partial charge is 0.328 e. The van der Waals surface area contributed by atoms with E-state index in [1.54, 1.807) is 24.3 Å². The molecule has 0 spiro atoms. The molecule has 0 saturated carbocycles. The van der Waals surface area contributed by atoms with Gasteiger partial charge in [-0.25, -0.2) is 4.79 Å². The molecule has 0 bridgehead atoms. The van der Waals surface area contributed by atoms with Gasteiger partial charge in [0.1, 0.15) is 6.04 Å². The van der Waals surface area contributed by atoms with Crippen LogP contribution in [0.25, 0.3) is 11.1 Å². The maximum absolute atomic E-state index is 12.6. The molecule has 0 aromatic heterocycles. The standard InChI is InChI=1S/C26H27ClN2O3/c1-29(2)17-19-10-14-21(15-11-19)20-12-8-18(9-13-20)16-24(26(31)32-3)28-25(30)22-6-4-5-7-23(22)27/h4-15,24H,16-17H2,1-3H3,(H,28,30)/t24-/m0/s1. The fourth-order valence-electron chi connectivity index (χ4n) is 3.45. The number of esters is 1. The summed E-state index contributed by atoms with van der Waals surface area (Å²) in [5, 5.41) is 3.07. The van der Waals surface area contributed by atoms with Gasteiger partial charge in [-0.15, -0.1) is 0 Å². The summed E-state index contributed by atoms with van der Waals surface area (Å²) in [6.07, 6.45) is 0.310. The van der Waals surface area contributed by atoms with Crippen LogP contribution in [0.3, 0.4) is 0 Å². The fourth-order valence-corrected chi connectivity index (χ4v) is 3.68. The lowest BCUT2D eigenvalue weighted by molar-refractivity contribution is -0.142. The number of nitrogens with zero attached hydrogens (tertiary/aromatic N) is 1. The van der Waals surface area contributed by atoms with Crippen molar-refractivity contribution < 1.29 is 14.3 Å². The fraction of sp³-hybridized carbons (Fsp3) is 0.231. The first kappa shape index (κ1) is 23.5. The number of nitrogens with one attached hydrogen (secondary N) is 1. The van der Waals surface area contributed by atoms with E-state index in [0.29, 0.717) is 17.0 Å². The SMILES string of the molecule is COC(=O)[C@H](Cc1ccc(-c2ccc(CN(C)C)cc2)cc1)NC(=O)c1ccccc1Cl. The average molecular weight is 451 g/mol. The molecule has 3 aromatic carbocycles. The Balaban J connectivity index is 1.71. The second kappa shape index (κ2) is 10.9. The Morgan fingerprint density at radius 2 is 1.47 bits per heavy atom. The quantitative estimate of drug-likeness (QED) is 0.510. The summed E-state index contributed by atoms with van der Waals surface area (Å²) >= 11 is 6.11. The van der Waals surface area contributed by atoms with Gasteiger partial charge < -0.3 is 15.0 Å². The molecule has 0 aliphatic heterocycles. The zero-order chi connectivity index (χ0) is 23.1. The highest BCUT2D eigenvalue weighted by molar-refractivity contribution is 6.33. The van der Waals surface area contributed by atoms with Crippen LogP contribution in [0, 0.1) is 0 Å². The van der Waals surface area contributed by atoms with Crippen molar-refractivity contribution in [2.75, 3.05) is 21.2 Å². The Bertz CT molecular complexity index is 1060. The van der Waals surface area contributed by atoms with Crippen molar-refractivity contribution >= 4 is 23.5 Å². The van der Waals surface area contributed by atoms with Gasteiger partial charge in [-0.2, -0.15) is 0 Å². The van der Waals surface area contributed by atoms with Crippen molar-refractivity contribution in [2.45, 2.75) is 19.0 Å². The summed E-state index contributed by atoms with van der Waals surface area (Å²) in [5.41, 5.74) is 4.69. The summed E-state index contributed by atoms with van der Waals surface area (Å²) in [6, 6.07) is 22.3. The van der Waals surface area contributed by atoms with Gasteiger partial charge in [0.05, 0.1) is 17.7 Å². The number of hydrogen-bond donors (Lipinski definition) is 1. The normalized spacial score (nSPS) is 11.8. The monoisotopic (exact) mass is 450 g/mol. The number of rotatable bonds is 8. The Morgan fingerprint density at radius 3 is 2.00 bits per heavy atom. The van der Waals surface area contributed by atoms with Gasteiger partial charge in [0, 0.05) is 13.0 Å². The zero-order valence-corrected chi connectivity index (χ0v) is 19.2. The molecule has 0 fully saturated rings. The lowest BCUT2D eigenvalue weighted by atomic mass is 9.99. The van der Waals surface area contributed by atoms with Gasteiger partial charge in [0.15, 0.2) is 0 Å². The maximum Gasteiger partial charge on any atom is 0.328 e. The lowest BCUT2D eigenvalue weighted by Crippen LogP contribution is -2.43. The highest BCUT2D eigenvalue weighted by atomic mass is 35.5. The number of ether oxygens (including phenoxy) is 1. The first-order chi connectivity index (χ1) is 15.4. The molecule has 0 radical (unpaired) electrons. The highest BCUT2D eigenvalue weighted by Gasteiger charge is 2.23. The molecular formula is C26H27ClN2O3. The summed E-state index contributed by atoms with van der Waals surface area (Å²) in [6.45, 7) is 0.897. The third kappa shape index (κ3) is 6.19. The molecule has 0 aliphatic carbocycles. The molecule has 5 nitrogen and oxygen atoms in total. The Kier molecular flexibility index (Phi) is 8.03. The summed E-state index contributed by atoms with van der Waals surface area (Å²) in [7, 11) is 5.40. The number of halogens is 1. The van der Waals surface area contributed by atoms with Gasteiger partial charge >= 0.3 is 5.97 Å². The molecule has 32 heavy (non-hydrogen) atoms. The number of methoxy groups -OCH3 is 1. The third-order valence-electron chi connectivity index (χ3n) is 5.09. The first-order valence-corrected chi connectivity index (χ1v) is 10.7. The predicted molar refractivity (Wildman–Crippen MR) is 128 cm³/mol. The van der Waals surface area contributed by atoms with Crippen LogP contribution in [0.4, 0.5) is 0 Å². The van der Waals surface area contributed by atoms with Crippen LogP contribution in [0.2, 0.25) is 5.02 Å². The number of carbonyl (C=O) groups is 2. The van der Waals surface area contributed by atoms with Crippen LogP contribution in [0.5, 0.6) is 0 Å². The lowest BCUT2D eigenvalue weighted by Gasteiger charge is -2.17. The van der Waals surface area contributed by atoms with Crippen molar-refractivity contribution in [3.8, 4) is 11.1 Å². The van der Waals surface area contributed by atoms with Crippen LogP contribution in [-0.4, -0.2) is 44.0 Å². The zero-order valence-electron chi connectivity index (χ0n) is 18.5. The van der Waals surface area contributed by atoms with E-state index in [2.05, 4.69) is 34.5 Å². The third-order valence-corrected chi connectivity index (χ3v) is 5.42. The molecule has 3 aromatic rings. The second-order valence-corrected chi connectivity index (χ2v) is 8.27. The molecule has 0 saturated heterocycles. The van der Waals surface area contributed by atoms with Crippen LogP contribution in [0.15, 0.2) is 72.8 Å². The molecule has 1 N–H and O–H groups in total. The van der Waals surface area contributed by atoms with Crippen molar-refractivity contribution in [3.63, 3.8) is 0 Å². The minimum absolute atomic E-state index is 0.310. The molecule has 1 atom stereocenters. The van der Waals surface area contributed by atoms with E-state index in [9.17, 15) is 9.59 Å². The molecule has 166 valence electrons. The maximum atomic E-state index is 12.6. The van der Waals surface area contributed by atoms with E-state index in [1.807, 2.05) is 38.4 Å². The Labute approximate surface area is 194 Å². The number of amides is 1. The van der Waals surface area contributed by atoms with E-state index in [-0.39, 0.29) is 0 Å². The highest BCUT2D eigenvalue weighted by Crippen LogP contribution is 2.22. The molecule has 0 heterocycles. The van der Waals surface area contributed by atoms with Crippen LogP contribution in [-0.2, 0) is 22.5 Å². The molecule has 3 rings (SSSR count). The van der Waals surface area contributed by atoms with Crippen molar-refractivity contribution in [3.05, 3.63) is 94.5 Å². The molecule has 6 heteroatoms. The molecule has 0 unspecified atom stereocenters. The van der Waals surface area contributed by atoms with E-state index in [0.717, 1.165) is 23.2 Å². The van der Waals surface area contributed by atoms with E-state index in [4.69, 9.17) is 16.3 Å². The average Bonchev–Trinajstić information content (AvgIpc) is 2.79. The van der Waals surface area contributed by atoms with Crippen molar-refractivity contribution in [1.82, 2.24) is 10.2 Å². The van der Waals surface area contributed by atoms with Gasteiger partial charge in [0.25, 0.3) is 5.91 Å². The molecule has 1 amide bonds. The van der Waals surface area contributed by atoms with Gasteiger partial charge in [-0.1, -0.05) is 72.3 Å². The minimum atomic E-state index is -0.820. The summed E-state index contributed by atoms with van der Waals surface area (Å²) in [5.74, 6) is -0.925. The predicted octanol–water partition coefficient (Wildman–Crippen LogP) is 4.58. The Hall–Kier alpha value is -3.15. The molecular weight excluding hydrogens is 424 g/mol. The number of carbonyl (C=O) groups excluding carboxylic acids is 2. The summed E-state index contributed by atoms with van der Waals surface area (Å²) < 4.78 is 4.89. The Morgan fingerprint density at radius 1 is 0.906 bits per heavy atom. The van der Waals surface area contributed by atoms with Crippen molar-refractivity contribution in [2.24, 2.45) is 0 Å². The second-order valence-electron chi connectivity index (χ2n) is 7.86. The summed E-state index contributed by atoms with van der Waals surface area (Å²) in [4.78, 5) is 27.0. The van der Waals surface area contributed by atoms with Gasteiger partial charge in [-0.3, -0.25) is 4.79 Å². The van der Waals surface area contributed by atoms with Crippen LogP contribution < -0.4 is 5.32 Å².